The van der Waals surface area contributed by atoms with Crippen LogP contribution in [-0.2, 0) is 5.41 Å². The maximum absolute atomic E-state index is 10.8. The number of rotatable bonds is 2. The molecule has 0 saturated carbocycles. The quantitative estimate of drug-likeness (QED) is 0.883. The van der Waals surface area contributed by atoms with Crippen LogP contribution >= 0.6 is 0 Å². The number of hydrogen-bond acceptors (Lipinski definition) is 2. The number of carbonyl (C=O) groups is 1. The van der Waals surface area contributed by atoms with Crippen LogP contribution in [0.5, 0.6) is 0 Å². The first-order valence-corrected chi connectivity index (χ1v) is 5.78. The highest BCUT2D eigenvalue weighted by Gasteiger charge is 2.17. The van der Waals surface area contributed by atoms with E-state index in [9.17, 15) is 4.79 Å². The Hall–Kier alpha value is -2.10. The van der Waals surface area contributed by atoms with E-state index in [1.807, 2.05) is 12.3 Å². The third kappa shape index (κ3) is 2.42. The van der Waals surface area contributed by atoms with Crippen molar-refractivity contribution in [3.8, 4) is 5.69 Å². The van der Waals surface area contributed by atoms with E-state index in [0.29, 0.717) is 0 Å². The van der Waals surface area contributed by atoms with Crippen LogP contribution in [0, 0.1) is 0 Å². The molecule has 1 aromatic carbocycles. The van der Waals surface area contributed by atoms with Gasteiger partial charge in [0.15, 0.2) is 0 Å². The number of aromatic carboxylic acids is 1. The van der Waals surface area contributed by atoms with Gasteiger partial charge < -0.3 is 5.11 Å². The predicted octanol–water partition coefficient (Wildman–Crippen LogP) is 2.87. The Bertz CT molecular complexity index is 562. The van der Waals surface area contributed by atoms with Crippen molar-refractivity contribution >= 4 is 5.97 Å². The van der Waals surface area contributed by atoms with Crippen molar-refractivity contribution in [3.63, 3.8) is 0 Å². The first-order chi connectivity index (χ1) is 8.38. The molecule has 2 rings (SSSR count). The summed E-state index contributed by atoms with van der Waals surface area (Å²) in [6, 6.07) is 8.64. The summed E-state index contributed by atoms with van der Waals surface area (Å²) >= 11 is 0. The van der Waals surface area contributed by atoms with Crippen molar-refractivity contribution in [2.24, 2.45) is 0 Å². The molecule has 0 atom stereocenters. The summed E-state index contributed by atoms with van der Waals surface area (Å²) in [5, 5.41) is 13.3. The second kappa shape index (κ2) is 4.29. The fourth-order valence-corrected chi connectivity index (χ4v) is 1.62. The molecular weight excluding hydrogens is 228 g/mol. The van der Waals surface area contributed by atoms with Crippen molar-refractivity contribution in [2.75, 3.05) is 0 Å². The molecule has 0 saturated heterocycles. The fourth-order valence-electron chi connectivity index (χ4n) is 1.62. The van der Waals surface area contributed by atoms with Crippen molar-refractivity contribution in [2.45, 2.75) is 26.2 Å². The molecule has 4 heteroatoms. The van der Waals surface area contributed by atoms with Crippen LogP contribution in [0.1, 0.15) is 36.8 Å². The van der Waals surface area contributed by atoms with Crippen LogP contribution < -0.4 is 0 Å². The minimum atomic E-state index is -0.919. The smallest absolute Gasteiger partial charge is 0.335 e. The molecule has 2 aromatic rings. The van der Waals surface area contributed by atoms with Gasteiger partial charge >= 0.3 is 5.97 Å². The number of carboxylic acids is 1. The van der Waals surface area contributed by atoms with Gasteiger partial charge in [-0.25, -0.2) is 9.48 Å². The van der Waals surface area contributed by atoms with E-state index >= 15 is 0 Å². The van der Waals surface area contributed by atoms with E-state index in [1.54, 1.807) is 28.9 Å². The van der Waals surface area contributed by atoms with Gasteiger partial charge in [-0.05, 0) is 30.3 Å². The molecule has 0 radical (unpaired) electrons. The van der Waals surface area contributed by atoms with E-state index in [4.69, 9.17) is 5.11 Å². The predicted molar refractivity (Wildman–Crippen MR) is 69.2 cm³/mol. The molecule has 18 heavy (non-hydrogen) atoms. The molecule has 0 aliphatic rings. The summed E-state index contributed by atoms with van der Waals surface area (Å²) in [4.78, 5) is 10.8. The van der Waals surface area contributed by atoms with Gasteiger partial charge in [0, 0.05) is 11.6 Å². The summed E-state index contributed by atoms with van der Waals surface area (Å²) in [5.74, 6) is -0.919. The van der Waals surface area contributed by atoms with Gasteiger partial charge in [-0.1, -0.05) is 20.8 Å². The molecule has 1 N–H and O–H groups in total. The van der Waals surface area contributed by atoms with Gasteiger partial charge in [-0.3, -0.25) is 0 Å². The zero-order valence-electron chi connectivity index (χ0n) is 10.7. The number of hydrogen-bond donors (Lipinski definition) is 1. The number of benzene rings is 1. The SMILES string of the molecule is CC(C)(C)c1ccn(-c2ccc(C(=O)O)cc2)n1. The molecule has 1 heterocycles. The average molecular weight is 244 g/mol. The van der Waals surface area contributed by atoms with Gasteiger partial charge in [-0.2, -0.15) is 5.10 Å². The van der Waals surface area contributed by atoms with E-state index in [2.05, 4.69) is 25.9 Å². The highest BCUT2D eigenvalue weighted by molar-refractivity contribution is 5.87. The highest BCUT2D eigenvalue weighted by atomic mass is 16.4. The Morgan fingerprint density at radius 3 is 2.22 bits per heavy atom. The molecule has 0 fully saturated rings. The number of aromatic nitrogens is 2. The highest BCUT2D eigenvalue weighted by Crippen LogP contribution is 2.20. The van der Waals surface area contributed by atoms with Gasteiger partial charge in [0.1, 0.15) is 0 Å². The van der Waals surface area contributed by atoms with E-state index in [-0.39, 0.29) is 11.0 Å². The first-order valence-electron chi connectivity index (χ1n) is 5.78. The normalized spacial score (nSPS) is 11.5. The number of nitrogens with zero attached hydrogens (tertiary/aromatic N) is 2. The maximum atomic E-state index is 10.8. The zero-order chi connectivity index (χ0) is 13.3. The van der Waals surface area contributed by atoms with Crippen molar-refractivity contribution in [1.82, 2.24) is 9.78 Å². The zero-order valence-corrected chi connectivity index (χ0v) is 10.7. The Morgan fingerprint density at radius 2 is 1.78 bits per heavy atom. The third-order valence-electron chi connectivity index (χ3n) is 2.74. The second-order valence-corrected chi connectivity index (χ2v) is 5.25. The monoisotopic (exact) mass is 244 g/mol. The lowest BCUT2D eigenvalue weighted by molar-refractivity contribution is 0.0697. The summed E-state index contributed by atoms with van der Waals surface area (Å²) in [6.45, 7) is 6.31. The minimum absolute atomic E-state index is 0.00621. The minimum Gasteiger partial charge on any atom is -0.478 e. The van der Waals surface area contributed by atoms with Crippen LogP contribution in [0.4, 0.5) is 0 Å². The summed E-state index contributed by atoms with van der Waals surface area (Å²) in [6.07, 6.45) is 1.89. The van der Waals surface area contributed by atoms with Crippen LogP contribution in [0.2, 0.25) is 0 Å². The molecule has 0 aliphatic carbocycles. The molecule has 0 amide bonds. The molecular formula is C14H16N2O2. The average Bonchev–Trinajstić information content (AvgIpc) is 2.78. The lowest BCUT2D eigenvalue weighted by Gasteiger charge is -2.14. The van der Waals surface area contributed by atoms with Gasteiger partial charge in [0.25, 0.3) is 0 Å². The summed E-state index contributed by atoms with van der Waals surface area (Å²) in [7, 11) is 0. The molecule has 1 aromatic heterocycles. The van der Waals surface area contributed by atoms with Gasteiger partial charge in [0.05, 0.1) is 16.9 Å². The Morgan fingerprint density at radius 1 is 1.17 bits per heavy atom. The van der Waals surface area contributed by atoms with E-state index in [1.165, 1.54) is 0 Å². The number of carboxylic acid groups (broad SMARTS) is 1. The molecule has 0 spiro atoms. The molecule has 94 valence electrons. The standard InChI is InChI=1S/C14H16N2O2/c1-14(2,3)12-8-9-16(15-12)11-6-4-10(5-7-11)13(17)18/h4-9H,1-3H3,(H,17,18). The van der Waals surface area contributed by atoms with Crippen LogP contribution in [0.15, 0.2) is 36.5 Å². The summed E-state index contributed by atoms with van der Waals surface area (Å²) < 4.78 is 1.76. The molecule has 0 bridgehead atoms. The van der Waals surface area contributed by atoms with Crippen LogP contribution in [0.25, 0.3) is 5.69 Å². The van der Waals surface area contributed by atoms with Crippen molar-refractivity contribution in [3.05, 3.63) is 47.8 Å². The fraction of sp³-hybridized carbons (Fsp3) is 0.286. The van der Waals surface area contributed by atoms with Crippen molar-refractivity contribution in [1.29, 1.82) is 0 Å². The molecule has 0 aliphatic heterocycles. The maximum Gasteiger partial charge on any atom is 0.335 e. The van der Waals surface area contributed by atoms with Gasteiger partial charge in [0.2, 0.25) is 0 Å². The lowest BCUT2D eigenvalue weighted by atomic mass is 9.93. The second-order valence-electron chi connectivity index (χ2n) is 5.25. The molecule has 0 unspecified atom stereocenters. The van der Waals surface area contributed by atoms with Crippen LogP contribution in [-0.4, -0.2) is 20.9 Å². The largest absolute Gasteiger partial charge is 0.478 e. The molecule has 4 nitrogen and oxygen atoms in total. The van der Waals surface area contributed by atoms with Gasteiger partial charge in [-0.15, -0.1) is 0 Å². The topological polar surface area (TPSA) is 55.1 Å². The van der Waals surface area contributed by atoms with Crippen molar-refractivity contribution < 1.29 is 9.90 Å². The summed E-state index contributed by atoms with van der Waals surface area (Å²) in [5.41, 5.74) is 2.15. The first kappa shape index (κ1) is 12.4. The Labute approximate surface area is 106 Å². The third-order valence-corrected chi connectivity index (χ3v) is 2.74. The Balaban J connectivity index is 2.32. The van der Waals surface area contributed by atoms with E-state index in [0.717, 1.165) is 11.4 Å². The van der Waals surface area contributed by atoms with Crippen LogP contribution in [0.3, 0.4) is 0 Å². The van der Waals surface area contributed by atoms with E-state index < -0.39 is 5.97 Å². The Kier molecular flexibility index (Phi) is 2.95. The lowest BCUT2D eigenvalue weighted by Crippen LogP contribution is -2.12.